The van der Waals surface area contributed by atoms with Crippen molar-refractivity contribution in [3.63, 3.8) is 0 Å². The van der Waals surface area contributed by atoms with E-state index in [0.29, 0.717) is 13.2 Å². The van der Waals surface area contributed by atoms with Crippen LogP contribution in [0.5, 0.6) is 0 Å². The standard InChI is InChI=1S/C28H28O5/c1-2-28(29)27(32-20-24-16-10-5-11-17-24)26(31-19-23-14-8-4-9-15-23)25(33-28)21-30-18-22-12-6-3-7-13-22/h1,3-17,25-27,29H,18-21H2/t25-,26-,27+,28-/m1/s1. The van der Waals surface area contributed by atoms with Crippen molar-refractivity contribution in [2.75, 3.05) is 6.61 Å². The summed E-state index contributed by atoms with van der Waals surface area (Å²) in [5.74, 6) is 0.446. The smallest absolute Gasteiger partial charge is 0.261 e. The van der Waals surface area contributed by atoms with Gasteiger partial charge in [0.05, 0.1) is 26.4 Å². The molecular formula is C28H28O5. The van der Waals surface area contributed by atoms with Crippen LogP contribution in [0.2, 0.25) is 0 Å². The number of hydrogen-bond donors (Lipinski definition) is 1. The summed E-state index contributed by atoms with van der Waals surface area (Å²) in [4.78, 5) is 0. The van der Waals surface area contributed by atoms with Gasteiger partial charge in [0.15, 0.2) is 6.10 Å². The lowest BCUT2D eigenvalue weighted by Crippen LogP contribution is -2.45. The van der Waals surface area contributed by atoms with Crippen molar-refractivity contribution in [2.24, 2.45) is 0 Å². The summed E-state index contributed by atoms with van der Waals surface area (Å²) in [5, 5.41) is 11.1. The van der Waals surface area contributed by atoms with Crippen molar-refractivity contribution in [3.8, 4) is 12.3 Å². The van der Waals surface area contributed by atoms with E-state index in [4.69, 9.17) is 25.4 Å². The van der Waals surface area contributed by atoms with E-state index in [1.807, 2.05) is 91.0 Å². The first kappa shape index (κ1) is 23.2. The Morgan fingerprint density at radius 2 is 1.24 bits per heavy atom. The number of hydrogen-bond acceptors (Lipinski definition) is 5. The Morgan fingerprint density at radius 1 is 0.758 bits per heavy atom. The second-order valence-corrected chi connectivity index (χ2v) is 7.98. The molecule has 0 bridgehead atoms. The first-order valence-electron chi connectivity index (χ1n) is 11.0. The van der Waals surface area contributed by atoms with Gasteiger partial charge in [0.1, 0.15) is 12.2 Å². The van der Waals surface area contributed by atoms with Crippen LogP contribution < -0.4 is 0 Å². The van der Waals surface area contributed by atoms with Gasteiger partial charge >= 0.3 is 0 Å². The number of aliphatic hydroxyl groups is 1. The summed E-state index contributed by atoms with van der Waals surface area (Å²) < 4.78 is 24.1. The van der Waals surface area contributed by atoms with Gasteiger partial charge in [0.2, 0.25) is 0 Å². The molecule has 1 heterocycles. The fourth-order valence-electron chi connectivity index (χ4n) is 3.82. The first-order valence-corrected chi connectivity index (χ1v) is 11.0. The van der Waals surface area contributed by atoms with E-state index in [1.165, 1.54) is 0 Å². The van der Waals surface area contributed by atoms with Crippen molar-refractivity contribution in [1.82, 2.24) is 0 Å². The third-order valence-corrected chi connectivity index (χ3v) is 5.54. The monoisotopic (exact) mass is 444 g/mol. The molecule has 170 valence electrons. The summed E-state index contributed by atoms with van der Waals surface area (Å²) >= 11 is 0. The van der Waals surface area contributed by atoms with Gasteiger partial charge in [-0.05, 0) is 22.6 Å². The highest BCUT2D eigenvalue weighted by atomic mass is 16.7. The molecule has 0 aliphatic carbocycles. The highest BCUT2D eigenvalue weighted by Gasteiger charge is 2.55. The van der Waals surface area contributed by atoms with Crippen molar-refractivity contribution in [2.45, 2.75) is 43.9 Å². The summed E-state index contributed by atoms with van der Waals surface area (Å²) in [7, 11) is 0. The molecule has 33 heavy (non-hydrogen) atoms. The maximum Gasteiger partial charge on any atom is 0.261 e. The van der Waals surface area contributed by atoms with Crippen molar-refractivity contribution in [1.29, 1.82) is 0 Å². The Labute approximate surface area is 194 Å². The van der Waals surface area contributed by atoms with E-state index in [2.05, 4.69) is 5.92 Å². The maximum absolute atomic E-state index is 11.1. The van der Waals surface area contributed by atoms with Crippen molar-refractivity contribution in [3.05, 3.63) is 108 Å². The van der Waals surface area contributed by atoms with E-state index in [-0.39, 0.29) is 13.2 Å². The molecule has 0 unspecified atom stereocenters. The largest absolute Gasteiger partial charge is 0.374 e. The molecular weight excluding hydrogens is 416 g/mol. The Balaban J connectivity index is 1.48. The molecule has 0 spiro atoms. The average molecular weight is 445 g/mol. The molecule has 1 N–H and O–H groups in total. The first-order chi connectivity index (χ1) is 16.2. The molecule has 1 saturated heterocycles. The maximum atomic E-state index is 11.1. The zero-order valence-corrected chi connectivity index (χ0v) is 18.4. The highest BCUT2D eigenvalue weighted by molar-refractivity contribution is 5.18. The number of terminal acetylenes is 1. The van der Waals surface area contributed by atoms with Crippen LogP contribution in [0.25, 0.3) is 0 Å². The molecule has 0 saturated carbocycles. The average Bonchev–Trinajstić information content (AvgIpc) is 3.14. The molecule has 3 aromatic rings. The van der Waals surface area contributed by atoms with E-state index in [9.17, 15) is 5.11 Å². The Kier molecular flexibility index (Phi) is 7.90. The Morgan fingerprint density at radius 3 is 1.76 bits per heavy atom. The molecule has 4 rings (SSSR count). The molecule has 0 aromatic heterocycles. The lowest BCUT2D eigenvalue weighted by atomic mass is 10.0. The van der Waals surface area contributed by atoms with E-state index in [0.717, 1.165) is 16.7 Å². The van der Waals surface area contributed by atoms with Crippen LogP contribution in [0, 0.1) is 12.3 Å². The third kappa shape index (κ3) is 6.08. The zero-order valence-electron chi connectivity index (χ0n) is 18.4. The molecule has 1 fully saturated rings. The molecule has 3 aromatic carbocycles. The van der Waals surface area contributed by atoms with Gasteiger partial charge in [-0.2, -0.15) is 0 Å². The van der Waals surface area contributed by atoms with Gasteiger partial charge in [-0.3, -0.25) is 0 Å². The number of ether oxygens (including phenoxy) is 4. The lowest BCUT2D eigenvalue weighted by Gasteiger charge is -2.26. The van der Waals surface area contributed by atoms with Gasteiger partial charge in [0.25, 0.3) is 5.79 Å². The molecule has 4 atom stereocenters. The quantitative estimate of drug-likeness (QED) is 0.477. The predicted molar refractivity (Wildman–Crippen MR) is 125 cm³/mol. The van der Waals surface area contributed by atoms with Crippen LogP contribution in [0.4, 0.5) is 0 Å². The van der Waals surface area contributed by atoms with Gasteiger partial charge < -0.3 is 24.1 Å². The van der Waals surface area contributed by atoms with Crippen LogP contribution in [-0.2, 0) is 38.8 Å². The van der Waals surface area contributed by atoms with Crippen molar-refractivity contribution < 1.29 is 24.1 Å². The van der Waals surface area contributed by atoms with Crippen LogP contribution in [0.15, 0.2) is 91.0 Å². The molecule has 1 aliphatic rings. The second-order valence-electron chi connectivity index (χ2n) is 7.98. The summed E-state index contributed by atoms with van der Waals surface area (Å²) in [6, 6.07) is 29.4. The van der Waals surface area contributed by atoms with E-state index in [1.54, 1.807) is 0 Å². The fraction of sp³-hybridized carbons (Fsp3) is 0.286. The summed E-state index contributed by atoms with van der Waals surface area (Å²) in [6.45, 7) is 1.21. The van der Waals surface area contributed by atoms with Crippen LogP contribution in [-0.4, -0.2) is 35.8 Å². The molecule has 0 amide bonds. The van der Waals surface area contributed by atoms with Crippen LogP contribution in [0.1, 0.15) is 16.7 Å². The normalized spacial score (nSPS) is 24.4. The fourth-order valence-corrected chi connectivity index (χ4v) is 3.82. The SMILES string of the molecule is C#C[C@@]1(O)O[C@H](COCc2ccccc2)[C@@H](OCc2ccccc2)[C@@H]1OCc1ccccc1. The van der Waals surface area contributed by atoms with E-state index < -0.39 is 24.1 Å². The van der Waals surface area contributed by atoms with Gasteiger partial charge in [-0.25, -0.2) is 0 Å². The number of benzene rings is 3. The minimum atomic E-state index is -1.92. The Hall–Kier alpha value is -2.98. The molecule has 0 radical (unpaired) electrons. The van der Waals surface area contributed by atoms with Gasteiger partial charge in [-0.15, -0.1) is 6.42 Å². The van der Waals surface area contributed by atoms with Crippen LogP contribution in [0.3, 0.4) is 0 Å². The summed E-state index contributed by atoms with van der Waals surface area (Å²) in [5.41, 5.74) is 3.00. The zero-order chi connectivity index (χ0) is 22.9. The summed E-state index contributed by atoms with van der Waals surface area (Å²) in [6.07, 6.45) is 3.58. The highest BCUT2D eigenvalue weighted by Crippen LogP contribution is 2.35. The van der Waals surface area contributed by atoms with Gasteiger partial charge in [0, 0.05) is 0 Å². The molecule has 5 heteroatoms. The third-order valence-electron chi connectivity index (χ3n) is 5.54. The van der Waals surface area contributed by atoms with Crippen molar-refractivity contribution >= 4 is 0 Å². The van der Waals surface area contributed by atoms with Gasteiger partial charge in [-0.1, -0.05) is 91.0 Å². The Bertz CT molecular complexity index is 1020. The number of rotatable bonds is 10. The second kappa shape index (κ2) is 11.2. The minimum absolute atomic E-state index is 0.198. The topological polar surface area (TPSA) is 57.2 Å². The van der Waals surface area contributed by atoms with Crippen LogP contribution >= 0.6 is 0 Å². The predicted octanol–water partition coefficient (Wildman–Crippen LogP) is 4.09. The molecule has 1 aliphatic heterocycles. The lowest BCUT2D eigenvalue weighted by molar-refractivity contribution is -0.204. The van der Waals surface area contributed by atoms with E-state index >= 15 is 0 Å². The molecule has 5 nitrogen and oxygen atoms in total. The minimum Gasteiger partial charge on any atom is -0.374 e.